The Balaban J connectivity index is 2.91. The van der Waals surface area contributed by atoms with Crippen LogP contribution in [0.1, 0.15) is 6.92 Å². The number of nitrogens with zero attached hydrogens (tertiary/aromatic N) is 1. The van der Waals surface area contributed by atoms with Crippen molar-refractivity contribution in [3.05, 3.63) is 0 Å². The van der Waals surface area contributed by atoms with Gasteiger partial charge in [0.25, 0.3) is 0 Å². The minimum Gasteiger partial charge on any atom is -0.327 e. The highest BCUT2D eigenvalue weighted by Crippen LogP contribution is 1.72. The molecular weight excluding hydrogens is 126 g/mol. The molecule has 0 bridgehead atoms. The lowest BCUT2D eigenvalue weighted by Gasteiger charge is -2.11. The van der Waals surface area contributed by atoms with Crippen molar-refractivity contribution in [1.29, 1.82) is 0 Å². The lowest BCUT2D eigenvalue weighted by molar-refractivity contribution is 0.397. The van der Waals surface area contributed by atoms with Gasteiger partial charge in [-0.1, -0.05) is 0 Å². The molecule has 62 valence electrons. The van der Waals surface area contributed by atoms with Gasteiger partial charge in [-0.3, -0.25) is 0 Å². The third kappa shape index (κ3) is 7.88. The highest BCUT2D eigenvalue weighted by molar-refractivity contribution is 4.57. The molecule has 1 unspecified atom stereocenters. The van der Waals surface area contributed by atoms with Gasteiger partial charge >= 0.3 is 0 Å². The Morgan fingerprint density at radius 3 is 2.50 bits per heavy atom. The van der Waals surface area contributed by atoms with Crippen LogP contribution in [-0.2, 0) is 0 Å². The molecule has 3 nitrogen and oxygen atoms in total. The first-order valence-electron chi connectivity index (χ1n) is 3.74. The van der Waals surface area contributed by atoms with E-state index in [1.54, 1.807) is 0 Å². The summed E-state index contributed by atoms with van der Waals surface area (Å²) in [6.45, 7) is 5.01. The molecule has 0 aliphatic heterocycles. The molecule has 0 fully saturated rings. The number of likely N-dealkylation sites (N-methyl/N-ethyl adjacent to an activating group) is 1. The lowest BCUT2D eigenvalue weighted by atomic mass is 10.3. The van der Waals surface area contributed by atoms with Gasteiger partial charge in [-0.05, 0) is 21.0 Å². The van der Waals surface area contributed by atoms with Gasteiger partial charge in [-0.15, -0.1) is 0 Å². The molecule has 0 saturated heterocycles. The molecule has 0 aliphatic rings. The molecule has 0 radical (unpaired) electrons. The van der Waals surface area contributed by atoms with Crippen molar-refractivity contribution < 1.29 is 0 Å². The summed E-state index contributed by atoms with van der Waals surface area (Å²) in [7, 11) is 4.13. The Labute approximate surface area is 63.6 Å². The topological polar surface area (TPSA) is 41.3 Å². The maximum Gasteiger partial charge on any atom is 0.0136 e. The van der Waals surface area contributed by atoms with Crippen molar-refractivity contribution in [1.82, 2.24) is 10.2 Å². The molecule has 0 aromatic carbocycles. The molecule has 0 aliphatic carbocycles. The Morgan fingerprint density at radius 1 is 1.50 bits per heavy atom. The molecular formula is C7H19N3. The van der Waals surface area contributed by atoms with Crippen LogP contribution in [0, 0.1) is 0 Å². The number of nitrogens with one attached hydrogen (secondary N) is 1. The van der Waals surface area contributed by atoms with Crippen LogP contribution in [0.3, 0.4) is 0 Å². The van der Waals surface area contributed by atoms with Crippen molar-refractivity contribution in [3.63, 3.8) is 0 Å². The van der Waals surface area contributed by atoms with E-state index in [1.807, 2.05) is 6.92 Å². The van der Waals surface area contributed by atoms with E-state index in [-0.39, 0.29) is 6.04 Å². The van der Waals surface area contributed by atoms with E-state index in [0.29, 0.717) is 0 Å². The van der Waals surface area contributed by atoms with Crippen LogP contribution in [-0.4, -0.2) is 44.7 Å². The molecule has 0 spiro atoms. The second kappa shape index (κ2) is 5.65. The average Bonchev–Trinajstić information content (AvgIpc) is 1.79. The lowest BCUT2D eigenvalue weighted by Crippen LogP contribution is -2.35. The predicted molar refractivity (Wildman–Crippen MR) is 45.1 cm³/mol. The maximum atomic E-state index is 5.53. The summed E-state index contributed by atoms with van der Waals surface area (Å²) in [5.41, 5.74) is 5.53. The summed E-state index contributed by atoms with van der Waals surface area (Å²) in [6, 6.07) is 0.266. The largest absolute Gasteiger partial charge is 0.327 e. The molecule has 0 aromatic rings. The zero-order valence-corrected chi connectivity index (χ0v) is 7.22. The van der Waals surface area contributed by atoms with Crippen LogP contribution in [0.4, 0.5) is 0 Å². The summed E-state index contributed by atoms with van der Waals surface area (Å²) in [6.07, 6.45) is 0. The van der Waals surface area contributed by atoms with Crippen LogP contribution in [0.15, 0.2) is 0 Å². The molecule has 3 N–H and O–H groups in total. The van der Waals surface area contributed by atoms with Gasteiger partial charge in [0.1, 0.15) is 0 Å². The highest BCUT2D eigenvalue weighted by Gasteiger charge is 1.92. The van der Waals surface area contributed by atoms with E-state index in [2.05, 4.69) is 24.3 Å². The summed E-state index contributed by atoms with van der Waals surface area (Å²) in [5.74, 6) is 0. The van der Waals surface area contributed by atoms with Gasteiger partial charge in [-0.25, -0.2) is 0 Å². The first kappa shape index (κ1) is 9.88. The highest BCUT2D eigenvalue weighted by atomic mass is 15.1. The van der Waals surface area contributed by atoms with Crippen molar-refractivity contribution in [3.8, 4) is 0 Å². The second-order valence-corrected chi connectivity index (χ2v) is 2.98. The van der Waals surface area contributed by atoms with E-state index >= 15 is 0 Å². The first-order valence-corrected chi connectivity index (χ1v) is 3.74. The second-order valence-electron chi connectivity index (χ2n) is 2.98. The predicted octanol–water partition coefficient (Wildman–Crippen LogP) is -0.515. The van der Waals surface area contributed by atoms with E-state index < -0.39 is 0 Å². The van der Waals surface area contributed by atoms with Crippen molar-refractivity contribution in [2.45, 2.75) is 13.0 Å². The maximum absolute atomic E-state index is 5.53. The standard InChI is InChI=1S/C7H19N3/c1-7(8)6-9-4-5-10(2)3/h7,9H,4-6,8H2,1-3H3. The van der Waals surface area contributed by atoms with E-state index in [4.69, 9.17) is 5.73 Å². The number of hydrogen-bond acceptors (Lipinski definition) is 3. The molecule has 1 atom stereocenters. The summed E-state index contributed by atoms with van der Waals surface area (Å²) in [5, 5.41) is 3.25. The Morgan fingerprint density at radius 2 is 2.10 bits per heavy atom. The molecule has 3 heteroatoms. The van der Waals surface area contributed by atoms with Crippen molar-refractivity contribution >= 4 is 0 Å². The normalized spacial score (nSPS) is 14.1. The molecule has 0 heterocycles. The monoisotopic (exact) mass is 145 g/mol. The summed E-state index contributed by atoms with van der Waals surface area (Å²) >= 11 is 0. The third-order valence-corrected chi connectivity index (χ3v) is 1.20. The van der Waals surface area contributed by atoms with Crippen LogP contribution in [0.25, 0.3) is 0 Å². The van der Waals surface area contributed by atoms with Gasteiger partial charge in [0.05, 0.1) is 0 Å². The summed E-state index contributed by atoms with van der Waals surface area (Å²) < 4.78 is 0. The summed E-state index contributed by atoms with van der Waals surface area (Å²) in [4.78, 5) is 2.15. The minimum atomic E-state index is 0.266. The average molecular weight is 145 g/mol. The number of hydrogen-bond donors (Lipinski definition) is 2. The zero-order valence-electron chi connectivity index (χ0n) is 7.22. The van der Waals surface area contributed by atoms with Crippen molar-refractivity contribution in [2.75, 3.05) is 33.7 Å². The zero-order chi connectivity index (χ0) is 7.98. The Kier molecular flexibility index (Phi) is 5.58. The molecule has 0 saturated carbocycles. The van der Waals surface area contributed by atoms with Crippen LogP contribution >= 0.6 is 0 Å². The smallest absolute Gasteiger partial charge is 0.0136 e. The number of nitrogens with two attached hydrogens (primary N) is 1. The van der Waals surface area contributed by atoms with E-state index in [1.165, 1.54) is 0 Å². The molecule has 10 heavy (non-hydrogen) atoms. The van der Waals surface area contributed by atoms with Crippen LogP contribution in [0.5, 0.6) is 0 Å². The fraction of sp³-hybridized carbons (Fsp3) is 1.00. The molecule has 0 aromatic heterocycles. The first-order chi connectivity index (χ1) is 4.63. The number of rotatable bonds is 5. The van der Waals surface area contributed by atoms with Crippen molar-refractivity contribution in [2.24, 2.45) is 5.73 Å². The SMILES string of the molecule is CC(N)CNCCN(C)C. The molecule has 0 rings (SSSR count). The van der Waals surface area contributed by atoms with Gasteiger partial charge in [0.15, 0.2) is 0 Å². The fourth-order valence-electron chi connectivity index (χ4n) is 0.632. The minimum absolute atomic E-state index is 0.266. The van der Waals surface area contributed by atoms with Gasteiger partial charge < -0.3 is 16.0 Å². The molecule has 0 amide bonds. The van der Waals surface area contributed by atoms with Crippen LogP contribution < -0.4 is 11.1 Å². The van der Waals surface area contributed by atoms with Gasteiger partial charge in [-0.2, -0.15) is 0 Å². The van der Waals surface area contributed by atoms with Crippen LogP contribution in [0.2, 0.25) is 0 Å². The van der Waals surface area contributed by atoms with E-state index in [0.717, 1.165) is 19.6 Å². The Hall–Kier alpha value is -0.120. The van der Waals surface area contributed by atoms with E-state index in [9.17, 15) is 0 Å². The Bertz CT molecular complexity index is 61.3. The third-order valence-electron chi connectivity index (χ3n) is 1.20. The van der Waals surface area contributed by atoms with Gasteiger partial charge in [0.2, 0.25) is 0 Å². The fourth-order valence-corrected chi connectivity index (χ4v) is 0.632. The quantitative estimate of drug-likeness (QED) is 0.512. The van der Waals surface area contributed by atoms with Gasteiger partial charge in [0, 0.05) is 25.7 Å².